The molecule has 0 unspecified atom stereocenters. The molecule has 2 heterocycles. The number of hydrogen-bond acceptors (Lipinski definition) is 6. The maximum atomic E-state index is 11.6. The van der Waals surface area contributed by atoms with E-state index < -0.39 is 0 Å². The molecule has 9 heteroatoms. The van der Waals surface area contributed by atoms with E-state index in [0.717, 1.165) is 77.1 Å². The molecule has 276 valence electrons. The Morgan fingerprint density at radius 3 is 1.95 bits per heavy atom. The van der Waals surface area contributed by atoms with Crippen molar-refractivity contribution in [3.63, 3.8) is 0 Å². The monoisotopic (exact) mass is 808 g/mol. The van der Waals surface area contributed by atoms with Gasteiger partial charge in [-0.25, -0.2) is 4.98 Å². The summed E-state index contributed by atoms with van der Waals surface area (Å²) in [6, 6.07) is 54.7. The highest BCUT2D eigenvalue weighted by Gasteiger charge is 2.17. The van der Waals surface area contributed by atoms with Gasteiger partial charge in [0.25, 0.3) is 5.69 Å². The summed E-state index contributed by atoms with van der Waals surface area (Å²) in [6.07, 6.45) is 1.93. The minimum Gasteiger partial charge on any atom is -0.457 e. The Morgan fingerprint density at radius 2 is 1.21 bits per heavy atom. The Labute approximate surface area is 336 Å². The SMILES string of the molecule is Cc1cc(-n2c3ccccc3c3ccc(Oc4cccc(Br)c4)cc32)ncc1-c1ccc(Oc2ccc(-c3ccccc3Nc3ccccc3[N+](=O)[O-])cc2)cc1. The molecule has 0 radical (unpaired) electrons. The maximum absolute atomic E-state index is 11.6. The lowest BCUT2D eigenvalue weighted by molar-refractivity contribution is -0.383. The number of ether oxygens (including phenoxy) is 2. The van der Waals surface area contributed by atoms with E-state index in [1.807, 2.05) is 109 Å². The van der Waals surface area contributed by atoms with E-state index in [1.54, 1.807) is 18.2 Å². The second-order valence-electron chi connectivity index (χ2n) is 13.5. The van der Waals surface area contributed by atoms with Crippen LogP contribution in [-0.2, 0) is 0 Å². The van der Waals surface area contributed by atoms with Gasteiger partial charge in [-0.3, -0.25) is 14.7 Å². The molecule has 57 heavy (non-hydrogen) atoms. The number of benzene rings is 7. The highest BCUT2D eigenvalue weighted by Crippen LogP contribution is 2.38. The smallest absolute Gasteiger partial charge is 0.292 e. The van der Waals surface area contributed by atoms with Crippen LogP contribution in [0, 0.1) is 17.0 Å². The van der Waals surface area contributed by atoms with Gasteiger partial charge in [-0.15, -0.1) is 0 Å². The van der Waals surface area contributed by atoms with E-state index in [4.69, 9.17) is 14.5 Å². The van der Waals surface area contributed by atoms with E-state index in [1.165, 1.54) is 6.07 Å². The van der Waals surface area contributed by atoms with Gasteiger partial charge in [0.1, 0.15) is 34.5 Å². The molecule has 0 saturated carbocycles. The number of pyridine rings is 1. The van der Waals surface area contributed by atoms with Crippen molar-refractivity contribution in [1.29, 1.82) is 0 Å². The molecular weight excluding hydrogens is 776 g/mol. The lowest BCUT2D eigenvalue weighted by atomic mass is 10.0. The molecule has 0 spiro atoms. The van der Waals surface area contributed by atoms with Crippen LogP contribution in [0.5, 0.6) is 23.0 Å². The molecule has 0 atom stereocenters. The van der Waals surface area contributed by atoms with E-state index in [2.05, 4.69) is 75.2 Å². The van der Waals surface area contributed by atoms with Crippen LogP contribution in [0.1, 0.15) is 5.56 Å². The van der Waals surface area contributed by atoms with Gasteiger partial charge in [-0.1, -0.05) is 94.8 Å². The lowest BCUT2D eigenvalue weighted by Crippen LogP contribution is -1.99. The first kappa shape index (κ1) is 35.5. The zero-order valence-electron chi connectivity index (χ0n) is 30.6. The first-order chi connectivity index (χ1) is 27.9. The minimum atomic E-state index is -0.386. The van der Waals surface area contributed by atoms with E-state index in [-0.39, 0.29) is 10.6 Å². The van der Waals surface area contributed by atoms with Crippen molar-refractivity contribution in [3.05, 3.63) is 196 Å². The number of halogens is 1. The van der Waals surface area contributed by atoms with Crippen LogP contribution in [-0.4, -0.2) is 14.5 Å². The van der Waals surface area contributed by atoms with Crippen molar-refractivity contribution in [3.8, 4) is 51.1 Å². The fraction of sp³-hybridized carbons (Fsp3) is 0.0208. The van der Waals surface area contributed by atoms with Crippen LogP contribution in [0.3, 0.4) is 0 Å². The molecule has 0 fully saturated rings. The number of nitro groups is 1. The van der Waals surface area contributed by atoms with Crippen molar-refractivity contribution < 1.29 is 14.4 Å². The number of para-hydroxylation sites is 4. The Kier molecular flexibility index (Phi) is 9.41. The number of hydrogen-bond donors (Lipinski definition) is 1. The van der Waals surface area contributed by atoms with Crippen LogP contribution >= 0.6 is 15.9 Å². The van der Waals surface area contributed by atoms with Crippen LogP contribution < -0.4 is 14.8 Å². The third-order valence-corrected chi connectivity index (χ3v) is 10.4. The second-order valence-corrected chi connectivity index (χ2v) is 14.5. The summed E-state index contributed by atoms with van der Waals surface area (Å²) >= 11 is 3.54. The summed E-state index contributed by atoms with van der Waals surface area (Å²) < 4.78 is 15.7. The van der Waals surface area contributed by atoms with Gasteiger partial charge < -0.3 is 14.8 Å². The third-order valence-electron chi connectivity index (χ3n) is 9.87. The molecular formula is C48H33BrN4O4. The maximum Gasteiger partial charge on any atom is 0.292 e. The van der Waals surface area contributed by atoms with E-state index >= 15 is 0 Å². The molecule has 0 aliphatic rings. The van der Waals surface area contributed by atoms with Crippen molar-refractivity contribution in [1.82, 2.24) is 9.55 Å². The van der Waals surface area contributed by atoms with Gasteiger partial charge in [0, 0.05) is 50.4 Å². The minimum absolute atomic E-state index is 0.0168. The predicted molar refractivity (Wildman–Crippen MR) is 231 cm³/mol. The van der Waals surface area contributed by atoms with Crippen LogP contribution in [0.2, 0.25) is 0 Å². The van der Waals surface area contributed by atoms with E-state index in [0.29, 0.717) is 17.2 Å². The quantitative estimate of drug-likeness (QED) is 0.109. The standard InChI is InChI=1S/C48H33BrN4O4/c1-31-27-48(52-45-15-6-3-12-40(45)41-26-25-38(29-47(41)52)57-37-10-8-9-34(49)28-37)50-30-42(31)33-19-23-36(24-20-33)56-35-21-17-32(18-22-35)39-11-2-4-13-43(39)51-44-14-5-7-16-46(44)53(54)55/h2-30,51H,1H3. The second kappa shape index (κ2) is 15.1. The fourth-order valence-electron chi connectivity index (χ4n) is 7.16. The third kappa shape index (κ3) is 7.19. The molecule has 0 saturated heterocycles. The van der Waals surface area contributed by atoms with Crippen LogP contribution in [0.4, 0.5) is 17.1 Å². The van der Waals surface area contributed by atoms with Gasteiger partial charge >= 0.3 is 0 Å². The van der Waals surface area contributed by atoms with Gasteiger partial charge in [0.05, 0.1) is 16.0 Å². The van der Waals surface area contributed by atoms with Gasteiger partial charge in [-0.05, 0) is 102 Å². The molecule has 0 aliphatic carbocycles. The molecule has 2 aromatic heterocycles. The first-order valence-electron chi connectivity index (χ1n) is 18.3. The summed E-state index contributed by atoms with van der Waals surface area (Å²) in [4.78, 5) is 16.2. The Balaban J connectivity index is 0.941. The average Bonchev–Trinajstić information content (AvgIpc) is 3.55. The van der Waals surface area contributed by atoms with Gasteiger partial charge in [0.15, 0.2) is 0 Å². The Morgan fingerprint density at radius 1 is 0.596 bits per heavy atom. The fourth-order valence-corrected chi connectivity index (χ4v) is 7.54. The first-order valence-corrected chi connectivity index (χ1v) is 19.1. The molecule has 9 aromatic rings. The van der Waals surface area contributed by atoms with Crippen molar-refractivity contribution >= 4 is 54.8 Å². The van der Waals surface area contributed by atoms with Crippen LogP contribution in [0.25, 0.3) is 49.9 Å². The number of anilines is 2. The van der Waals surface area contributed by atoms with E-state index in [9.17, 15) is 10.1 Å². The normalized spacial score (nSPS) is 11.1. The molecule has 7 aromatic carbocycles. The largest absolute Gasteiger partial charge is 0.457 e. The number of nitrogens with zero attached hydrogens (tertiary/aromatic N) is 3. The topological polar surface area (TPSA) is 91.5 Å². The molecule has 9 rings (SSSR count). The lowest BCUT2D eigenvalue weighted by Gasteiger charge is -2.14. The number of nitrogens with one attached hydrogen (secondary N) is 1. The Hall–Kier alpha value is -7.23. The highest BCUT2D eigenvalue weighted by atomic mass is 79.9. The average molecular weight is 810 g/mol. The molecule has 8 nitrogen and oxygen atoms in total. The predicted octanol–water partition coefficient (Wildman–Crippen LogP) is 13.8. The number of aromatic nitrogens is 2. The summed E-state index contributed by atoms with van der Waals surface area (Å²) in [6.45, 7) is 2.11. The summed E-state index contributed by atoms with van der Waals surface area (Å²) in [5, 5.41) is 17.1. The van der Waals surface area contributed by atoms with Gasteiger partial charge in [0.2, 0.25) is 0 Å². The number of rotatable bonds is 10. The zero-order valence-corrected chi connectivity index (χ0v) is 32.2. The highest BCUT2D eigenvalue weighted by molar-refractivity contribution is 9.10. The van der Waals surface area contributed by atoms with Crippen molar-refractivity contribution in [2.45, 2.75) is 6.92 Å². The van der Waals surface area contributed by atoms with Crippen molar-refractivity contribution in [2.24, 2.45) is 0 Å². The molecule has 1 N–H and O–H groups in total. The number of nitro benzene ring substituents is 1. The van der Waals surface area contributed by atoms with Crippen LogP contribution in [0.15, 0.2) is 181 Å². The molecule has 0 aliphatic heterocycles. The number of aryl methyl sites for hydroxylation is 1. The summed E-state index contributed by atoms with van der Waals surface area (Å²) in [5.41, 5.74) is 8.30. The molecule has 0 amide bonds. The summed E-state index contributed by atoms with van der Waals surface area (Å²) in [7, 11) is 0. The molecule has 0 bridgehead atoms. The Bertz CT molecular complexity index is 2940. The number of fused-ring (bicyclic) bond motifs is 3. The zero-order chi connectivity index (χ0) is 38.9. The van der Waals surface area contributed by atoms with Gasteiger partial charge in [-0.2, -0.15) is 0 Å². The summed E-state index contributed by atoms with van der Waals surface area (Å²) in [5.74, 6) is 3.72. The van der Waals surface area contributed by atoms with Crippen molar-refractivity contribution in [2.75, 3.05) is 5.32 Å².